The second-order valence-corrected chi connectivity index (χ2v) is 16.1. The van der Waals surface area contributed by atoms with Gasteiger partial charge in [-0.05, 0) is 60.5 Å². The summed E-state index contributed by atoms with van der Waals surface area (Å²) in [5.41, 5.74) is 3.57. The average Bonchev–Trinajstić information content (AvgIpc) is 2.76. The van der Waals surface area contributed by atoms with Gasteiger partial charge >= 0.3 is 5.97 Å². The molecule has 35 heavy (non-hydrogen) atoms. The first kappa shape index (κ1) is 31.2. The van der Waals surface area contributed by atoms with E-state index in [-0.39, 0.29) is 23.0 Å². The molecule has 0 aliphatic carbocycles. The molecule has 0 bridgehead atoms. The van der Waals surface area contributed by atoms with E-state index in [2.05, 4.69) is 72.1 Å². The molecule has 200 valence electrons. The maximum atomic E-state index is 12.9. The number of carbonyl (C=O) groups excluding carboxylic acids is 2. The molecule has 0 spiro atoms. The van der Waals surface area contributed by atoms with Crippen LogP contribution in [0.25, 0.3) is 0 Å². The van der Waals surface area contributed by atoms with Gasteiger partial charge in [0.2, 0.25) is 5.91 Å². The molecule has 6 heteroatoms. The van der Waals surface area contributed by atoms with Crippen LogP contribution in [0.3, 0.4) is 0 Å². The molecule has 0 fully saturated rings. The van der Waals surface area contributed by atoms with E-state index >= 15 is 0 Å². The fourth-order valence-corrected chi connectivity index (χ4v) is 5.33. The van der Waals surface area contributed by atoms with Gasteiger partial charge in [-0.25, -0.2) is 0 Å². The van der Waals surface area contributed by atoms with E-state index in [4.69, 9.17) is 9.16 Å². The van der Waals surface area contributed by atoms with Crippen LogP contribution in [0.15, 0.2) is 12.1 Å². The molecule has 0 heterocycles. The number of ether oxygens (including phenoxy) is 1. The van der Waals surface area contributed by atoms with Crippen LogP contribution in [-0.2, 0) is 33.6 Å². The second kappa shape index (κ2) is 14.1. The van der Waals surface area contributed by atoms with E-state index < -0.39 is 14.2 Å². The first-order valence-corrected chi connectivity index (χ1v) is 16.4. The molecule has 2 atom stereocenters. The van der Waals surface area contributed by atoms with Crippen LogP contribution in [0.5, 0.6) is 5.75 Å². The topological polar surface area (TPSA) is 64.6 Å². The van der Waals surface area contributed by atoms with Gasteiger partial charge < -0.3 is 14.5 Å². The van der Waals surface area contributed by atoms with Crippen molar-refractivity contribution in [2.75, 3.05) is 7.11 Å². The fraction of sp³-hybridized carbons (Fsp3) is 0.724. The van der Waals surface area contributed by atoms with E-state index in [1.807, 2.05) is 0 Å². The molecule has 0 radical (unpaired) electrons. The molecule has 1 aromatic rings. The van der Waals surface area contributed by atoms with Crippen molar-refractivity contribution in [1.29, 1.82) is 0 Å². The molecule has 1 aromatic carbocycles. The molecule has 0 saturated heterocycles. The number of benzene rings is 1. The largest absolute Gasteiger partial charge is 0.543 e. The molecular weight excluding hydrogens is 454 g/mol. The summed E-state index contributed by atoms with van der Waals surface area (Å²) < 4.78 is 12.1. The first-order valence-electron chi connectivity index (χ1n) is 13.5. The molecule has 1 rings (SSSR count). The van der Waals surface area contributed by atoms with Gasteiger partial charge in [0.1, 0.15) is 5.75 Å². The van der Waals surface area contributed by atoms with Crippen molar-refractivity contribution in [3.63, 3.8) is 0 Å². The Morgan fingerprint density at radius 2 is 1.54 bits per heavy atom. The van der Waals surface area contributed by atoms with Gasteiger partial charge in [0.05, 0.1) is 13.0 Å². The Kier molecular flexibility index (Phi) is 12.5. The zero-order valence-electron chi connectivity index (χ0n) is 24.1. The number of amides is 1. The molecule has 1 N–H and O–H groups in total. The lowest BCUT2D eigenvalue weighted by Crippen LogP contribution is -2.44. The minimum Gasteiger partial charge on any atom is -0.543 e. The van der Waals surface area contributed by atoms with Crippen molar-refractivity contribution in [1.82, 2.24) is 5.32 Å². The Hall–Kier alpha value is -1.82. The lowest BCUT2D eigenvalue weighted by atomic mass is 9.87. The minimum absolute atomic E-state index is 0.111. The quantitative estimate of drug-likeness (QED) is 0.218. The predicted octanol–water partition coefficient (Wildman–Crippen LogP) is 7.00. The van der Waals surface area contributed by atoms with Crippen molar-refractivity contribution < 1.29 is 18.8 Å². The lowest BCUT2D eigenvalue weighted by Gasteiger charge is -2.38. The molecular formula is C29H51NO4Si. The van der Waals surface area contributed by atoms with Crippen LogP contribution in [0.1, 0.15) is 97.3 Å². The van der Waals surface area contributed by atoms with Crippen LogP contribution < -0.4 is 9.74 Å². The van der Waals surface area contributed by atoms with Crippen molar-refractivity contribution in [2.24, 2.45) is 5.92 Å². The number of rotatable bonds is 14. The number of unbranched alkanes of at least 4 members (excludes halogenated alkanes) is 1. The summed E-state index contributed by atoms with van der Waals surface area (Å²) in [6.07, 6.45) is 7.15. The molecule has 0 saturated carbocycles. The summed E-state index contributed by atoms with van der Waals surface area (Å²) in [5.74, 6) is 0.252. The van der Waals surface area contributed by atoms with Gasteiger partial charge in [-0.3, -0.25) is 9.59 Å². The van der Waals surface area contributed by atoms with Crippen molar-refractivity contribution in [2.45, 2.75) is 124 Å². The number of esters is 1. The van der Waals surface area contributed by atoms with Gasteiger partial charge in [-0.1, -0.05) is 79.4 Å². The molecule has 0 aliphatic heterocycles. The van der Waals surface area contributed by atoms with E-state index in [0.717, 1.165) is 56.3 Å². The van der Waals surface area contributed by atoms with E-state index in [1.54, 1.807) is 0 Å². The van der Waals surface area contributed by atoms with Gasteiger partial charge in [-0.2, -0.15) is 0 Å². The predicted molar refractivity (Wildman–Crippen MR) is 149 cm³/mol. The Labute approximate surface area is 215 Å². The standard InChI is InChI=1S/C29H51NO4Si/c1-11-14-17-26(30-21(4)31)25(28(32)33-8)20-22-18-23(15-12-2)27(24(19-22)16-13-3)34-35(9,10)29(5,6)7/h18-19,25-26H,11-17,20H2,1-10H3,(H,30,31). The number of hydrogen-bond donors (Lipinski definition) is 1. The summed E-state index contributed by atoms with van der Waals surface area (Å²) in [6.45, 7) is 19.4. The number of nitrogens with one attached hydrogen (secondary N) is 1. The van der Waals surface area contributed by atoms with Crippen LogP contribution in [0.4, 0.5) is 0 Å². The summed E-state index contributed by atoms with van der Waals surface area (Å²) >= 11 is 0. The molecule has 0 aromatic heterocycles. The van der Waals surface area contributed by atoms with Crippen molar-refractivity contribution in [3.05, 3.63) is 28.8 Å². The Morgan fingerprint density at radius 3 is 1.94 bits per heavy atom. The van der Waals surface area contributed by atoms with Crippen LogP contribution in [-0.4, -0.2) is 33.3 Å². The third-order valence-electron chi connectivity index (χ3n) is 7.21. The molecule has 2 unspecified atom stereocenters. The lowest BCUT2D eigenvalue weighted by molar-refractivity contribution is -0.146. The van der Waals surface area contributed by atoms with Gasteiger partial charge in [0.15, 0.2) is 0 Å². The summed E-state index contributed by atoms with van der Waals surface area (Å²) in [7, 11) is -0.581. The zero-order valence-corrected chi connectivity index (χ0v) is 25.1. The van der Waals surface area contributed by atoms with Crippen molar-refractivity contribution >= 4 is 20.2 Å². The average molecular weight is 506 g/mol. The monoisotopic (exact) mass is 505 g/mol. The Bertz CT molecular complexity index is 801. The SMILES string of the molecule is CCCCC(NC(C)=O)C(Cc1cc(CCC)c(O[Si](C)(C)C(C)(C)C)c(CCC)c1)C(=O)OC. The summed E-state index contributed by atoms with van der Waals surface area (Å²) in [6, 6.07) is 4.21. The number of methoxy groups -OCH3 is 1. The van der Waals surface area contributed by atoms with E-state index in [9.17, 15) is 9.59 Å². The summed E-state index contributed by atoms with van der Waals surface area (Å²) in [5, 5.41) is 3.14. The van der Waals surface area contributed by atoms with Crippen LogP contribution in [0.2, 0.25) is 18.1 Å². The van der Waals surface area contributed by atoms with E-state index in [0.29, 0.717) is 6.42 Å². The van der Waals surface area contributed by atoms with E-state index in [1.165, 1.54) is 25.2 Å². The fourth-order valence-electron chi connectivity index (χ4n) is 4.25. The minimum atomic E-state index is -2.01. The van der Waals surface area contributed by atoms with Gasteiger partial charge in [0.25, 0.3) is 8.32 Å². The maximum Gasteiger partial charge on any atom is 0.311 e. The Morgan fingerprint density at radius 1 is 1.00 bits per heavy atom. The van der Waals surface area contributed by atoms with Crippen LogP contribution in [0, 0.1) is 5.92 Å². The smallest absolute Gasteiger partial charge is 0.311 e. The highest BCUT2D eigenvalue weighted by Crippen LogP contribution is 2.40. The zero-order chi connectivity index (χ0) is 26.8. The molecule has 0 aliphatic rings. The van der Waals surface area contributed by atoms with Crippen LogP contribution >= 0.6 is 0 Å². The van der Waals surface area contributed by atoms with Gasteiger partial charge in [-0.15, -0.1) is 0 Å². The number of hydrogen-bond acceptors (Lipinski definition) is 4. The molecule has 1 amide bonds. The highest BCUT2D eigenvalue weighted by atomic mass is 28.4. The Balaban J connectivity index is 3.54. The van der Waals surface area contributed by atoms with Crippen molar-refractivity contribution in [3.8, 4) is 5.75 Å². The highest BCUT2D eigenvalue weighted by molar-refractivity contribution is 6.74. The third-order valence-corrected chi connectivity index (χ3v) is 11.5. The van der Waals surface area contributed by atoms with Gasteiger partial charge in [0, 0.05) is 13.0 Å². The number of carbonyl (C=O) groups is 2. The molecule has 5 nitrogen and oxygen atoms in total. The summed E-state index contributed by atoms with van der Waals surface area (Å²) in [4.78, 5) is 24.8. The third kappa shape index (κ3) is 9.28. The normalized spacial score (nSPS) is 13.8. The first-order chi connectivity index (χ1) is 16.3. The number of aryl methyl sites for hydroxylation is 2. The second-order valence-electron chi connectivity index (χ2n) is 11.4. The maximum absolute atomic E-state index is 12.9. The highest BCUT2D eigenvalue weighted by Gasteiger charge is 2.40.